The first-order valence-electron chi connectivity index (χ1n) is 11.2. The average molecular weight is 504 g/mol. The lowest BCUT2D eigenvalue weighted by atomic mass is 9.62. The van der Waals surface area contributed by atoms with E-state index in [2.05, 4.69) is 0 Å². The molecule has 0 radical (unpaired) electrons. The summed E-state index contributed by atoms with van der Waals surface area (Å²) in [6.45, 7) is 7.05. The molecule has 0 saturated heterocycles. The molecule has 7 heteroatoms. The van der Waals surface area contributed by atoms with Crippen LogP contribution >= 0.6 is 23.2 Å². The highest BCUT2D eigenvalue weighted by atomic mass is 35.5. The van der Waals surface area contributed by atoms with Crippen molar-refractivity contribution in [2.24, 2.45) is 17.6 Å². The topological polar surface area (TPSA) is 78.6 Å². The third-order valence-corrected chi connectivity index (χ3v) is 6.65. The van der Waals surface area contributed by atoms with Gasteiger partial charge in [-0.2, -0.15) is 0 Å². The van der Waals surface area contributed by atoms with Gasteiger partial charge in [0.15, 0.2) is 0 Å². The summed E-state index contributed by atoms with van der Waals surface area (Å²) in [6.07, 6.45) is 3.72. The average Bonchev–Trinajstić information content (AvgIpc) is 2.77. The molecule has 2 aromatic carbocycles. The lowest BCUT2D eigenvalue weighted by molar-refractivity contribution is -0.164. The third kappa shape index (κ3) is 5.83. The summed E-state index contributed by atoms with van der Waals surface area (Å²) in [6, 6.07) is 12.6. The fourth-order valence-electron chi connectivity index (χ4n) is 4.65. The molecule has 2 N–H and O–H groups in total. The zero-order chi connectivity index (χ0) is 25.2. The van der Waals surface area contributed by atoms with Gasteiger partial charge in [0.05, 0.1) is 13.0 Å². The van der Waals surface area contributed by atoms with Crippen LogP contribution in [-0.2, 0) is 14.3 Å². The SMILES string of the molecule is COc1ccc([C@@H]2C=C[C@H](C(=O)C(=O)OC(C)(C)C)[C@@H]([C@H](C)N)[C@H]2c2ccc(Cl)cc2)c(Cl)c1. The van der Waals surface area contributed by atoms with Crippen LogP contribution in [0.25, 0.3) is 0 Å². The van der Waals surface area contributed by atoms with E-state index in [1.54, 1.807) is 40.0 Å². The fourth-order valence-corrected chi connectivity index (χ4v) is 5.07. The Bertz CT molecular complexity index is 1070. The molecule has 5 atom stereocenters. The number of allylic oxidation sites excluding steroid dienone is 2. The molecule has 2 aromatic rings. The van der Waals surface area contributed by atoms with Crippen LogP contribution in [0.4, 0.5) is 0 Å². The van der Waals surface area contributed by atoms with E-state index in [1.165, 1.54) is 0 Å². The molecule has 0 fully saturated rings. The Balaban J connectivity index is 2.13. The van der Waals surface area contributed by atoms with Crippen molar-refractivity contribution in [2.75, 3.05) is 7.11 Å². The van der Waals surface area contributed by atoms with Crippen molar-refractivity contribution >= 4 is 35.0 Å². The molecule has 0 amide bonds. The van der Waals surface area contributed by atoms with E-state index in [4.69, 9.17) is 38.4 Å². The first-order chi connectivity index (χ1) is 15.9. The third-order valence-electron chi connectivity index (χ3n) is 6.07. The quantitative estimate of drug-likeness (QED) is 0.300. The largest absolute Gasteiger partial charge is 0.497 e. The number of esters is 1. The van der Waals surface area contributed by atoms with Crippen LogP contribution in [0.3, 0.4) is 0 Å². The van der Waals surface area contributed by atoms with Gasteiger partial charge >= 0.3 is 5.97 Å². The van der Waals surface area contributed by atoms with Crippen molar-refractivity contribution in [3.05, 3.63) is 75.8 Å². The highest BCUT2D eigenvalue weighted by Crippen LogP contribution is 2.49. The first kappa shape index (κ1) is 26.3. The zero-order valence-electron chi connectivity index (χ0n) is 20.0. The van der Waals surface area contributed by atoms with Crippen molar-refractivity contribution in [1.29, 1.82) is 0 Å². The Kier molecular flexibility index (Phi) is 8.12. The van der Waals surface area contributed by atoms with Crippen LogP contribution in [0.2, 0.25) is 10.0 Å². The monoisotopic (exact) mass is 503 g/mol. The molecule has 1 aliphatic carbocycles. The predicted octanol–water partition coefficient (Wildman–Crippen LogP) is 5.93. The van der Waals surface area contributed by atoms with Crippen LogP contribution in [0, 0.1) is 11.8 Å². The predicted molar refractivity (Wildman–Crippen MR) is 136 cm³/mol. The molecular formula is C27H31Cl2NO4. The van der Waals surface area contributed by atoms with Gasteiger partial charge in [-0.25, -0.2) is 4.79 Å². The number of ketones is 1. The molecule has 0 saturated carbocycles. The summed E-state index contributed by atoms with van der Waals surface area (Å²) in [4.78, 5) is 26.0. The number of hydrogen-bond acceptors (Lipinski definition) is 5. The lowest BCUT2D eigenvalue weighted by Gasteiger charge is -2.42. The molecule has 182 valence electrons. The summed E-state index contributed by atoms with van der Waals surface area (Å²) in [5, 5.41) is 1.15. The second kappa shape index (κ2) is 10.5. The number of carbonyl (C=O) groups excluding carboxylic acids is 2. The number of methoxy groups -OCH3 is 1. The van der Waals surface area contributed by atoms with E-state index in [-0.39, 0.29) is 17.8 Å². The fraction of sp³-hybridized carbons (Fsp3) is 0.407. The van der Waals surface area contributed by atoms with E-state index in [0.717, 1.165) is 11.1 Å². The first-order valence-corrected chi connectivity index (χ1v) is 12.0. The molecule has 5 nitrogen and oxygen atoms in total. The Labute approximate surface area is 211 Å². The van der Waals surface area contributed by atoms with Gasteiger partial charge in [0.2, 0.25) is 5.78 Å². The number of Topliss-reactive ketones (excluding diaryl/α,β-unsaturated/α-hetero) is 1. The summed E-state index contributed by atoms with van der Waals surface area (Å²) in [5.41, 5.74) is 7.55. The van der Waals surface area contributed by atoms with E-state index in [0.29, 0.717) is 15.8 Å². The Morgan fingerprint density at radius 3 is 2.21 bits per heavy atom. The van der Waals surface area contributed by atoms with Crippen molar-refractivity contribution < 1.29 is 19.1 Å². The number of carbonyl (C=O) groups is 2. The molecule has 1 aliphatic rings. The van der Waals surface area contributed by atoms with Gasteiger partial charge in [0.25, 0.3) is 0 Å². The molecule has 0 unspecified atom stereocenters. The number of rotatable bonds is 6. The maximum atomic E-state index is 13.3. The highest BCUT2D eigenvalue weighted by Gasteiger charge is 2.45. The van der Waals surface area contributed by atoms with E-state index in [9.17, 15) is 9.59 Å². The minimum absolute atomic E-state index is 0.182. The molecule has 0 heterocycles. The summed E-state index contributed by atoms with van der Waals surface area (Å²) in [5.74, 6) is -2.34. The number of ether oxygens (including phenoxy) is 2. The molecule has 34 heavy (non-hydrogen) atoms. The smallest absolute Gasteiger partial charge is 0.375 e. The van der Waals surface area contributed by atoms with Crippen molar-refractivity contribution in [3.63, 3.8) is 0 Å². The summed E-state index contributed by atoms with van der Waals surface area (Å²) in [7, 11) is 1.58. The molecule has 3 rings (SSSR count). The molecule has 0 spiro atoms. The van der Waals surface area contributed by atoms with E-state index in [1.807, 2.05) is 49.4 Å². The maximum Gasteiger partial charge on any atom is 0.375 e. The normalized spacial score (nSPS) is 23.3. The number of benzene rings is 2. The molecule has 0 bridgehead atoms. The van der Waals surface area contributed by atoms with Crippen molar-refractivity contribution in [2.45, 2.75) is 51.2 Å². The maximum absolute atomic E-state index is 13.3. The minimum atomic E-state index is -0.858. The number of nitrogens with two attached hydrogens (primary N) is 1. The summed E-state index contributed by atoms with van der Waals surface area (Å²) >= 11 is 12.8. The van der Waals surface area contributed by atoms with Crippen LogP contribution in [-0.4, -0.2) is 30.5 Å². The van der Waals surface area contributed by atoms with Gasteiger partial charge in [0, 0.05) is 22.0 Å². The number of halogens is 2. The highest BCUT2D eigenvalue weighted by molar-refractivity contribution is 6.35. The molecule has 0 aromatic heterocycles. The van der Waals surface area contributed by atoms with Crippen molar-refractivity contribution in [1.82, 2.24) is 0 Å². The van der Waals surface area contributed by atoms with Gasteiger partial charge in [-0.15, -0.1) is 0 Å². The second-order valence-electron chi connectivity index (χ2n) is 9.70. The standard InChI is InChI=1S/C27H31Cl2NO4/c1-15(30)23-21(25(31)26(32)34-27(2,3)4)13-12-20(19-11-10-18(33-5)14-22(19)29)24(23)16-6-8-17(28)9-7-16/h6-15,20-21,23-24H,30H2,1-5H3/t15-,20-,21-,23+,24-/m0/s1. The minimum Gasteiger partial charge on any atom is -0.497 e. The van der Waals surface area contributed by atoms with Crippen LogP contribution in [0.1, 0.15) is 50.7 Å². The van der Waals surface area contributed by atoms with Gasteiger partial charge in [-0.05, 0) is 74.9 Å². The van der Waals surface area contributed by atoms with E-state index >= 15 is 0 Å². The zero-order valence-corrected chi connectivity index (χ0v) is 21.6. The Morgan fingerprint density at radius 1 is 1.03 bits per heavy atom. The molecular weight excluding hydrogens is 473 g/mol. The van der Waals surface area contributed by atoms with Gasteiger partial charge in [0.1, 0.15) is 11.4 Å². The Hall–Kier alpha value is -2.34. The van der Waals surface area contributed by atoms with E-state index < -0.39 is 29.3 Å². The summed E-state index contributed by atoms with van der Waals surface area (Å²) < 4.78 is 10.7. The Morgan fingerprint density at radius 2 is 1.68 bits per heavy atom. The van der Waals surface area contributed by atoms with Gasteiger partial charge < -0.3 is 15.2 Å². The number of hydrogen-bond donors (Lipinski definition) is 1. The van der Waals surface area contributed by atoms with Gasteiger partial charge in [-0.1, -0.05) is 53.6 Å². The lowest BCUT2D eigenvalue weighted by Crippen LogP contribution is -2.45. The van der Waals surface area contributed by atoms with Gasteiger partial charge in [-0.3, -0.25) is 4.79 Å². The van der Waals surface area contributed by atoms with Crippen LogP contribution in [0.15, 0.2) is 54.6 Å². The van der Waals surface area contributed by atoms with Crippen LogP contribution in [0.5, 0.6) is 5.75 Å². The second-order valence-corrected chi connectivity index (χ2v) is 10.5. The van der Waals surface area contributed by atoms with Crippen molar-refractivity contribution in [3.8, 4) is 5.75 Å². The van der Waals surface area contributed by atoms with Crippen LogP contribution < -0.4 is 10.5 Å². The molecule has 0 aliphatic heterocycles.